The Kier molecular flexibility index (Phi) is 35.4. The van der Waals surface area contributed by atoms with Crippen LogP contribution in [0.3, 0.4) is 0 Å². The SMILES string of the molecule is S=PI.S=PI.S=PI.S=PI.[3H]OCC1O[C@@H](O[C@@H]2C(OC)[C@H](O[C@@H]3C(CO[3H])OC=C[C@H]3OC)OC(CO[3H])[C@@H]2OC)C(C)[C@@H](O[C@@H]2OC(CO[3H])[C@@H]3OC(=O)O[C@@H]3C2O[C@@H]2OC(C)[C@@H](C)[C@H](C)C2C)[C@@H]1O[C@@H]1O[C@@H](C)[C@@H](C)C(C)C1C. The van der Waals surface area contributed by atoms with E-state index < -0.39 is 129 Å². The first kappa shape index (κ1) is 70.6. The Morgan fingerprint density at radius 1 is 0.463 bits per heavy atom. The standard InChI is InChI=1S/C47H78O21.4IPS/c1-19-21(3)26(8)57-42(23(19)5)64-36-31(17-50)59-44(65-38-35(54-11)30(16-49)60-45(40(38)55-12)63-34-28(53-10)13-14-56-29(34)15-48)25(7)33(36)62-46-41(39-37(32(18-51)61-46)67-47(52)68-39)66-43-24(6)20(2)22(4)27(9)58-43;4*1-2-3/h13-14,19-46,48-51H,15-18H2,1-12H3;;;;/t19?,20-,21-,22-,23?,24?,25?,26-,27?,28+,29?,30?,31?,32?,33+,34-,35-,36+,37-,38-,39-,40?,41?,42-,43-,44-,45-,46-;;;;/m0..../s1/i48T,49T,50T,51T;;;;. The van der Waals surface area contributed by atoms with Gasteiger partial charge in [-0.1, -0.05) is 48.5 Å². The molecule has 0 aromatic carbocycles. The highest BCUT2D eigenvalue weighted by molar-refractivity contribution is 14.2. The number of rotatable bonds is 21. The van der Waals surface area contributed by atoms with E-state index in [-0.39, 0.29) is 74.1 Å². The second-order valence-electron chi connectivity index (χ2n) is 20.0. The van der Waals surface area contributed by atoms with Crippen LogP contribution in [0.25, 0.3) is 0 Å². The Hall–Kier alpha value is 3.13. The molecule has 0 aromatic rings. The number of carbonyl (C=O) groups is 1. The molecule has 0 bridgehead atoms. The van der Waals surface area contributed by atoms with Crippen molar-refractivity contribution in [3.8, 4) is 0 Å². The van der Waals surface area contributed by atoms with Gasteiger partial charge in [0.25, 0.3) is 0 Å². The number of hydrogen-bond donors (Lipinski definition) is 4. The molecule has 4 N–H and O–H groups in total. The second-order valence-corrected chi connectivity index (χ2v) is 36.4. The summed E-state index contributed by atoms with van der Waals surface area (Å²) in [6.45, 7) is 17.3. The maximum Gasteiger partial charge on any atom is 0.509 e. The smallest absolute Gasteiger partial charge is 0.493 e. The third-order valence-electron chi connectivity index (χ3n) is 16.1. The maximum absolute atomic E-state index is 13.0. The summed E-state index contributed by atoms with van der Waals surface area (Å²) in [6.07, 6.45) is -17.6. The van der Waals surface area contributed by atoms with Gasteiger partial charge in [0.05, 0.1) is 51.0 Å². The quantitative estimate of drug-likeness (QED) is 0.0476. The molecule has 7 rings (SSSR count). The molecule has 464 valence electrons. The van der Waals surface area contributed by atoms with Gasteiger partial charge in [-0.25, -0.2) is 4.79 Å². The van der Waals surface area contributed by atoms with Crippen molar-refractivity contribution in [1.82, 2.24) is 0 Å². The minimum atomic E-state index is -1.36. The summed E-state index contributed by atoms with van der Waals surface area (Å²) in [5, 5.41) is 19.5. The highest BCUT2D eigenvalue weighted by atomic mass is 127. The lowest BCUT2D eigenvalue weighted by Crippen LogP contribution is -2.67. The van der Waals surface area contributed by atoms with Crippen molar-refractivity contribution in [3.63, 3.8) is 0 Å². The Morgan fingerprint density at radius 3 is 1.38 bits per heavy atom. The molecule has 11 unspecified atom stereocenters. The predicted molar refractivity (Wildman–Crippen MR) is 346 cm³/mol. The lowest BCUT2D eigenvalue weighted by molar-refractivity contribution is -0.397. The molecule has 7 aliphatic rings. The van der Waals surface area contributed by atoms with Gasteiger partial charge < -0.3 is 96.2 Å². The van der Waals surface area contributed by atoms with Gasteiger partial charge in [0.15, 0.2) is 49.8 Å². The van der Waals surface area contributed by atoms with Gasteiger partial charge in [-0.2, -0.15) is 0 Å². The van der Waals surface area contributed by atoms with Gasteiger partial charge in [-0.3, -0.25) is 0 Å². The molecule has 6 fully saturated rings. The maximum atomic E-state index is 13.0. The Labute approximate surface area is 555 Å². The molecule has 0 spiro atoms. The average Bonchev–Trinajstić information content (AvgIpc) is 1.70. The number of aliphatic hydroxyl groups excluding tert-OH is 4. The van der Waals surface area contributed by atoms with Crippen LogP contribution in [0.5, 0.6) is 0 Å². The number of carbonyl (C=O) groups excluding carboxylic acids is 1. The highest BCUT2D eigenvalue weighted by Gasteiger charge is 2.60. The van der Waals surface area contributed by atoms with Crippen LogP contribution in [-0.4, -0.2) is 209 Å². The van der Waals surface area contributed by atoms with Crippen molar-refractivity contribution in [2.75, 3.05) is 47.8 Å². The van der Waals surface area contributed by atoms with E-state index in [9.17, 15) is 4.79 Å². The molecule has 28 atom stereocenters. The largest absolute Gasteiger partial charge is 0.509 e. The van der Waals surface area contributed by atoms with Gasteiger partial charge in [-0.15, -0.1) is 0 Å². The fraction of sp³-hybridized carbons (Fsp3) is 0.936. The normalized spacial score (nSPS) is 44.9. The fourth-order valence-corrected chi connectivity index (χ4v) is 10.7. The Balaban J connectivity index is 0.00000142. The zero-order valence-electron chi connectivity index (χ0n) is 50.2. The van der Waals surface area contributed by atoms with E-state index in [1.807, 2.05) is 34.6 Å². The van der Waals surface area contributed by atoms with E-state index in [0.717, 1.165) is 20.0 Å². The molecule has 0 saturated carbocycles. The first-order chi connectivity index (χ1) is 40.2. The molecule has 80 heavy (non-hydrogen) atoms. The summed E-state index contributed by atoms with van der Waals surface area (Å²) >= 11 is 25.7. The van der Waals surface area contributed by atoms with E-state index >= 15 is 0 Å². The topological polar surface area (TPSA) is 246 Å². The molecule has 7 heterocycles. The molecule has 33 heteroatoms. The van der Waals surface area contributed by atoms with E-state index in [1.54, 1.807) is 6.08 Å². The van der Waals surface area contributed by atoms with Crippen LogP contribution in [0.1, 0.15) is 62.3 Å². The summed E-state index contributed by atoms with van der Waals surface area (Å²) in [5.41, 5.74) is 0. The number of methoxy groups -OCH3 is 3. The number of hydrogen-bond acceptors (Lipinski definition) is 25. The Bertz CT molecular complexity index is 1950. The molecule has 7 aliphatic heterocycles. The molecule has 6 saturated heterocycles. The van der Waals surface area contributed by atoms with Gasteiger partial charge in [0.1, 0.15) is 61.0 Å². The van der Waals surface area contributed by atoms with Crippen LogP contribution in [0, 0.1) is 41.4 Å². The third kappa shape index (κ3) is 20.6. The number of ether oxygens (including phenoxy) is 16. The lowest BCUT2D eigenvalue weighted by Gasteiger charge is -2.52. The number of fused-ring (bicyclic) bond motifs is 1. The number of aliphatic hydroxyl groups is 4. The Morgan fingerprint density at radius 2 is 0.863 bits per heavy atom. The van der Waals surface area contributed by atoms with Gasteiger partial charge in [0.2, 0.25) is 5.72 Å². The van der Waals surface area contributed by atoms with Crippen molar-refractivity contribution in [1.29, 1.82) is 5.72 Å². The molecule has 0 radical (unpaired) electrons. The summed E-state index contributed by atoms with van der Waals surface area (Å²) in [4.78, 5) is 16.8. The van der Waals surface area contributed by atoms with Gasteiger partial charge in [-0.05, 0) is 179 Å². The average molecular weight is 1750 g/mol. The van der Waals surface area contributed by atoms with Crippen LogP contribution in [-0.2, 0) is 123 Å². The first-order valence-corrected chi connectivity index (χ1v) is 44.4. The summed E-state index contributed by atoms with van der Waals surface area (Å²) in [5.74, 6) is -0.254. The van der Waals surface area contributed by atoms with Gasteiger partial charge >= 0.3 is 6.16 Å². The summed E-state index contributed by atoms with van der Waals surface area (Å²) in [6, 6.07) is 0. The van der Waals surface area contributed by atoms with E-state index in [4.69, 9.17) is 102 Å². The third-order valence-corrected chi connectivity index (χ3v) is 16.1. The van der Waals surface area contributed by atoms with Crippen molar-refractivity contribution in [3.05, 3.63) is 12.3 Å². The zero-order chi connectivity index (χ0) is 63.0. The van der Waals surface area contributed by atoms with Crippen LogP contribution >= 0.6 is 108 Å². The van der Waals surface area contributed by atoms with Crippen LogP contribution < -0.4 is 0 Å². The fourth-order valence-electron chi connectivity index (χ4n) is 10.7. The molecule has 0 amide bonds. The van der Waals surface area contributed by atoms with E-state index in [0.29, 0.717) is 0 Å². The monoisotopic (exact) mass is 1750 g/mol. The molecule has 0 aliphatic carbocycles. The minimum Gasteiger partial charge on any atom is -0.493 e. The molecule has 0 aromatic heterocycles. The van der Waals surface area contributed by atoms with Gasteiger partial charge in [0, 0.05) is 59.1 Å². The second kappa shape index (κ2) is 40.1. The lowest BCUT2D eigenvalue weighted by atomic mass is 9.79. The zero-order valence-corrected chi connectivity index (χ0v) is 61.6. The highest BCUT2D eigenvalue weighted by Crippen LogP contribution is 2.44. The first-order valence-electron chi connectivity index (χ1n) is 27.2. The minimum absolute atomic E-state index is 0.110. The van der Waals surface area contributed by atoms with Crippen LogP contribution in [0.15, 0.2) is 12.3 Å². The summed E-state index contributed by atoms with van der Waals surface area (Å²) in [7, 11) is 4.39. The predicted octanol–water partition coefficient (Wildman–Crippen LogP) is 8.84. The molecular formula is C47H78I4O21P4S4. The van der Waals surface area contributed by atoms with Crippen LogP contribution in [0.4, 0.5) is 4.79 Å². The van der Waals surface area contributed by atoms with Crippen molar-refractivity contribution >= 4 is 162 Å². The van der Waals surface area contributed by atoms with E-state index in [2.05, 4.69) is 163 Å². The molecular weight excluding hydrogens is 1660 g/mol. The summed E-state index contributed by atoms with van der Waals surface area (Å²) < 4.78 is 134. The molecule has 21 nitrogen and oxygen atoms in total. The van der Waals surface area contributed by atoms with E-state index in [1.165, 1.54) is 27.6 Å². The van der Waals surface area contributed by atoms with Crippen molar-refractivity contribution in [2.45, 2.75) is 191 Å². The van der Waals surface area contributed by atoms with Crippen LogP contribution in [0.2, 0.25) is 0 Å². The van der Waals surface area contributed by atoms with Crippen molar-refractivity contribution in [2.24, 2.45) is 41.4 Å². The number of halogens is 4. The van der Waals surface area contributed by atoms with Crippen molar-refractivity contribution < 1.29 is 101 Å².